The van der Waals surface area contributed by atoms with Crippen molar-refractivity contribution in [2.75, 3.05) is 5.32 Å². The monoisotopic (exact) mass is 394 g/mol. The lowest BCUT2D eigenvalue weighted by atomic mass is 10.1. The Labute approximate surface area is 169 Å². The summed E-state index contributed by atoms with van der Waals surface area (Å²) in [5, 5.41) is 3.16. The molecule has 1 N–H and O–H groups in total. The van der Waals surface area contributed by atoms with Gasteiger partial charge in [-0.2, -0.15) is 0 Å². The number of hydrogen-bond acceptors (Lipinski definition) is 4. The lowest BCUT2D eigenvalue weighted by Crippen LogP contribution is -2.42. The van der Waals surface area contributed by atoms with Crippen molar-refractivity contribution >= 4 is 22.6 Å². The third-order valence-corrected chi connectivity index (χ3v) is 4.72. The molecule has 0 aliphatic heterocycles. The van der Waals surface area contributed by atoms with Crippen LogP contribution < -0.4 is 16.6 Å². The van der Waals surface area contributed by atoms with Crippen molar-refractivity contribution in [2.45, 2.75) is 47.2 Å². The van der Waals surface area contributed by atoms with Gasteiger partial charge >= 0.3 is 5.69 Å². The molecule has 0 spiro atoms. The summed E-state index contributed by atoms with van der Waals surface area (Å²) >= 11 is 0. The summed E-state index contributed by atoms with van der Waals surface area (Å²) in [7, 11) is 0. The average molecular weight is 394 g/mol. The fraction of sp³-hybridized carbons (Fsp3) is 0.364. The quantitative estimate of drug-likeness (QED) is 0.697. The van der Waals surface area contributed by atoms with E-state index in [9.17, 15) is 14.4 Å². The zero-order chi connectivity index (χ0) is 21.1. The number of nitrogens with one attached hydrogen (secondary N) is 1. The number of pyridine rings is 1. The van der Waals surface area contributed by atoms with Gasteiger partial charge in [-0.3, -0.25) is 18.7 Å². The van der Waals surface area contributed by atoms with Crippen LogP contribution >= 0.6 is 0 Å². The van der Waals surface area contributed by atoms with E-state index < -0.39 is 5.69 Å². The van der Waals surface area contributed by atoms with E-state index in [1.54, 1.807) is 12.1 Å². The molecular weight excluding hydrogens is 368 g/mol. The lowest BCUT2D eigenvalue weighted by molar-refractivity contribution is -0.116. The number of nitrogens with zero attached hydrogens (tertiary/aromatic N) is 3. The Kier molecular flexibility index (Phi) is 5.96. The number of hydrogen-bond donors (Lipinski definition) is 1. The highest BCUT2D eigenvalue weighted by Gasteiger charge is 2.16. The molecule has 0 bridgehead atoms. The summed E-state index contributed by atoms with van der Waals surface area (Å²) in [6.45, 7) is 8.05. The molecule has 29 heavy (non-hydrogen) atoms. The third-order valence-electron chi connectivity index (χ3n) is 4.72. The Morgan fingerprint density at radius 2 is 1.79 bits per heavy atom. The number of anilines is 1. The van der Waals surface area contributed by atoms with E-state index in [-0.39, 0.29) is 23.7 Å². The van der Waals surface area contributed by atoms with Crippen LogP contribution in [0.2, 0.25) is 0 Å². The van der Waals surface area contributed by atoms with Crippen molar-refractivity contribution in [3.05, 3.63) is 68.5 Å². The van der Waals surface area contributed by atoms with Crippen LogP contribution in [0.5, 0.6) is 0 Å². The van der Waals surface area contributed by atoms with E-state index in [2.05, 4.69) is 10.3 Å². The Bertz CT molecular complexity index is 1150. The first kappa shape index (κ1) is 20.5. The molecule has 152 valence electrons. The number of carbonyl (C=O) groups is 1. The van der Waals surface area contributed by atoms with Gasteiger partial charge in [0.15, 0.2) is 0 Å². The molecule has 7 heteroatoms. The normalized spacial score (nSPS) is 11.2. The maximum atomic E-state index is 13.0. The Morgan fingerprint density at radius 1 is 1.10 bits per heavy atom. The molecule has 0 aliphatic carbocycles. The van der Waals surface area contributed by atoms with Crippen LogP contribution in [0.25, 0.3) is 11.0 Å². The standard InChI is InChI=1S/C22H26N4O3/c1-14(2)7-9-25-21(28)18-6-5-8-23-20(18)26(22(25)29)13-19(27)24-17-11-15(3)10-16(4)12-17/h5-6,8,10-12,14H,7,9,13H2,1-4H3,(H,24,27). The van der Waals surface area contributed by atoms with Crippen LogP contribution in [0.3, 0.4) is 0 Å². The number of fused-ring (bicyclic) bond motifs is 1. The molecule has 1 amide bonds. The average Bonchev–Trinajstić information content (AvgIpc) is 2.64. The molecule has 2 heterocycles. The summed E-state index contributed by atoms with van der Waals surface area (Å²) in [6.07, 6.45) is 2.20. The van der Waals surface area contributed by atoms with Crippen LogP contribution in [-0.2, 0) is 17.9 Å². The molecular formula is C22H26N4O3. The molecule has 0 atom stereocenters. The minimum atomic E-state index is -0.516. The van der Waals surface area contributed by atoms with Crippen molar-refractivity contribution in [1.82, 2.24) is 14.1 Å². The maximum absolute atomic E-state index is 13.0. The van der Waals surface area contributed by atoms with Crippen molar-refractivity contribution in [1.29, 1.82) is 0 Å². The van der Waals surface area contributed by atoms with E-state index in [1.807, 2.05) is 45.9 Å². The van der Waals surface area contributed by atoms with Crippen LogP contribution in [-0.4, -0.2) is 20.0 Å². The van der Waals surface area contributed by atoms with Gasteiger partial charge in [0.2, 0.25) is 5.91 Å². The largest absolute Gasteiger partial charge is 0.333 e. The van der Waals surface area contributed by atoms with E-state index in [4.69, 9.17) is 0 Å². The second kappa shape index (κ2) is 8.43. The van der Waals surface area contributed by atoms with Crippen molar-refractivity contribution < 1.29 is 4.79 Å². The van der Waals surface area contributed by atoms with E-state index in [0.717, 1.165) is 11.1 Å². The van der Waals surface area contributed by atoms with Gasteiger partial charge in [0.1, 0.15) is 12.2 Å². The van der Waals surface area contributed by atoms with Crippen LogP contribution in [0, 0.1) is 19.8 Å². The van der Waals surface area contributed by atoms with Gasteiger partial charge in [0.05, 0.1) is 5.39 Å². The highest BCUT2D eigenvalue weighted by atomic mass is 16.2. The minimum Gasteiger partial charge on any atom is -0.325 e. The Morgan fingerprint density at radius 3 is 2.45 bits per heavy atom. The zero-order valence-electron chi connectivity index (χ0n) is 17.2. The first-order valence-corrected chi connectivity index (χ1v) is 9.72. The fourth-order valence-electron chi connectivity index (χ4n) is 3.37. The molecule has 0 fully saturated rings. The van der Waals surface area contributed by atoms with Crippen molar-refractivity contribution in [3.63, 3.8) is 0 Å². The zero-order valence-corrected chi connectivity index (χ0v) is 17.2. The SMILES string of the molecule is Cc1cc(C)cc(NC(=O)Cn2c(=O)n(CCC(C)C)c(=O)c3cccnc32)c1. The maximum Gasteiger partial charge on any atom is 0.333 e. The number of amides is 1. The highest BCUT2D eigenvalue weighted by molar-refractivity contribution is 5.91. The van der Waals surface area contributed by atoms with Gasteiger partial charge in [0, 0.05) is 18.4 Å². The summed E-state index contributed by atoms with van der Waals surface area (Å²) in [5.74, 6) is -0.00897. The van der Waals surface area contributed by atoms with Gasteiger partial charge in [-0.25, -0.2) is 9.78 Å². The van der Waals surface area contributed by atoms with Gasteiger partial charge in [-0.15, -0.1) is 0 Å². The number of carbonyl (C=O) groups excluding carboxylic acids is 1. The summed E-state index contributed by atoms with van der Waals surface area (Å²) in [6, 6.07) is 9.04. The van der Waals surface area contributed by atoms with Crippen LogP contribution in [0.1, 0.15) is 31.4 Å². The molecule has 3 aromatic rings. The molecule has 2 aromatic heterocycles. The fourth-order valence-corrected chi connectivity index (χ4v) is 3.37. The van der Waals surface area contributed by atoms with Gasteiger partial charge in [0.25, 0.3) is 5.56 Å². The Balaban J connectivity index is 2.00. The van der Waals surface area contributed by atoms with Crippen LogP contribution in [0.15, 0.2) is 46.1 Å². The molecule has 0 saturated carbocycles. The molecule has 3 rings (SSSR count). The van der Waals surface area contributed by atoms with Gasteiger partial charge in [-0.05, 0) is 61.6 Å². The number of benzene rings is 1. The third kappa shape index (κ3) is 4.62. The van der Waals surface area contributed by atoms with E-state index in [0.29, 0.717) is 30.0 Å². The number of aromatic nitrogens is 3. The molecule has 0 unspecified atom stereocenters. The molecule has 0 saturated heterocycles. The predicted molar refractivity (Wildman–Crippen MR) is 114 cm³/mol. The highest BCUT2D eigenvalue weighted by Crippen LogP contribution is 2.14. The van der Waals surface area contributed by atoms with Gasteiger partial charge < -0.3 is 5.32 Å². The number of aryl methyl sites for hydroxylation is 2. The first-order chi connectivity index (χ1) is 13.8. The lowest BCUT2D eigenvalue weighted by Gasteiger charge is -2.14. The molecule has 0 aliphatic rings. The van der Waals surface area contributed by atoms with Crippen molar-refractivity contribution in [3.8, 4) is 0 Å². The molecule has 0 radical (unpaired) electrons. The second-order valence-corrected chi connectivity index (χ2v) is 7.81. The minimum absolute atomic E-state index is 0.221. The summed E-state index contributed by atoms with van der Waals surface area (Å²) in [5.41, 5.74) is 2.07. The predicted octanol–water partition coefficient (Wildman–Crippen LogP) is 2.86. The second-order valence-electron chi connectivity index (χ2n) is 7.81. The summed E-state index contributed by atoms with van der Waals surface area (Å²) < 4.78 is 2.48. The molecule has 7 nitrogen and oxygen atoms in total. The summed E-state index contributed by atoms with van der Waals surface area (Å²) in [4.78, 5) is 42.7. The van der Waals surface area contributed by atoms with E-state index in [1.165, 1.54) is 15.3 Å². The van der Waals surface area contributed by atoms with Crippen LogP contribution in [0.4, 0.5) is 5.69 Å². The molecule has 1 aromatic carbocycles. The van der Waals surface area contributed by atoms with Gasteiger partial charge in [-0.1, -0.05) is 19.9 Å². The first-order valence-electron chi connectivity index (χ1n) is 9.72. The van der Waals surface area contributed by atoms with Crippen molar-refractivity contribution in [2.24, 2.45) is 5.92 Å². The topological polar surface area (TPSA) is 86.0 Å². The Hall–Kier alpha value is -3.22. The smallest absolute Gasteiger partial charge is 0.325 e. The van der Waals surface area contributed by atoms with E-state index >= 15 is 0 Å². The number of rotatable bonds is 6.